The Bertz CT molecular complexity index is 1220. The van der Waals surface area contributed by atoms with Gasteiger partial charge in [-0.2, -0.15) is 5.10 Å². The zero-order chi connectivity index (χ0) is 19.8. The SMILES string of the molecule is Cc1cc2c(o1)c1cnn(CC(=O)NCc3ccncc3)c(=O)c1n2C(C)C. The predicted octanol–water partition coefficient (Wildman–Crippen LogP) is 2.54. The summed E-state index contributed by atoms with van der Waals surface area (Å²) in [5.41, 5.74) is 2.64. The van der Waals surface area contributed by atoms with Crippen LogP contribution < -0.4 is 10.9 Å². The molecule has 0 saturated carbocycles. The van der Waals surface area contributed by atoms with Crippen LogP contribution in [0, 0.1) is 6.92 Å². The smallest absolute Gasteiger partial charge is 0.291 e. The fraction of sp³-hybridized carbons (Fsp3) is 0.300. The minimum Gasteiger partial charge on any atom is -0.459 e. The maximum atomic E-state index is 13.1. The van der Waals surface area contributed by atoms with Crippen molar-refractivity contribution in [3.05, 3.63) is 58.5 Å². The number of carbonyl (C=O) groups is 1. The summed E-state index contributed by atoms with van der Waals surface area (Å²) < 4.78 is 8.91. The van der Waals surface area contributed by atoms with E-state index in [-0.39, 0.29) is 24.1 Å². The summed E-state index contributed by atoms with van der Waals surface area (Å²) in [7, 11) is 0. The Balaban J connectivity index is 1.67. The van der Waals surface area contributed by atoms with Crippen molar-refractivity contribution in [3.8, 4) is 0 Å². The molecule has 0 aromatic carbocycles. The number of amides is 1. The van der Waals surface area contributed by atoms with E-state index in [1.165, 1.54) is 4.68 Å². The third-order valence-corrected chi connectivity index (χ3v) is 4.65. The molecule has 4 aromatic rings. The number of rotatable bonds is 5. The number of hydrogen-bond acceptors (Lipinski definition) is 5. The minimum atomic E-state index is -0.311. The van der Waals surface area contributed by atoms with E-state index >= 15 is 0 Å². The molecule has 0 fully saturated rings. The molecule has 0 bridgehead atoms. The van der Waals surface area contributed by atoms with Gasteiger partial charge in [0.05, 0.1) is 17.1 Å². The molecule has 0 atom stereocenters. The number of furan rings is 1. The van der Waals surface area contributed by atoms with Crippen molar-refractivity contribution in [1.29, 1.82) is 0 Å². The van der Waals surface area contributed by atoms with Gasteiger partial charge in [-0.05, 0) is 38.5 Å². The third kappa shape index (κ3) is 3.06. The number of fused-ring (bicyclic) bond motifs is 3. The summed E-state index contributed by atoms with van der Waals surface area (Å²) in [5.74, 6) is 0.494. The molecule has 4 aromatic heterocycles. The molecule has 1 N–H and O–H groups in total. The van der Waals surface area contributed by atoms with Gasteiger partial charge >= 0.3 is 0 Å². The lowest BCUT2D eigenvalue weighted by Gasteiger charge is -2.11. The van der Waals surface area contributed by atoms with Crippen LogP contribution in [-0.2, 0) is 17.9 Å². The molecule has 4 rings (SSSR count). The Morgan fingerprint density at radius 1 is 1.29 bits per heavy atom. The van der Waals surface area contributed by atoms with Crippen LogP contribution in [-0.4, -0.2) is 25.2 Å². The second-order valence-electron chi connectivity index (χ2n) is 7.04. The van der Waals surface area contributed by atoms with Crippen LogP contribution in [0.25, 0.3) is 22.0 Å². The van der Waals surface area contributed by atoms with Gasteiger partial charge in [0.15, 0.2) is 5.58 Å². The predicted molar refractivity (Wildman–Crippen MR) is 105 cm³/mol. The maximum Gasteiger partial charge on any atom is 0.291 e. The fourth-order valence-electron chi connectivity index (χ4n) is 3.41. The van der Waals surface area contributed by atoms with Crippen LogP contribution in [0.3, 0.4) is 0 Å². The summed E-state index contributed by atoms with van der Waals surface area (Å²) in [6.07, 6.45) is 4.93. The average molecular weight is 379 g/mol. The number of nitrogens with one attached hydrogen (secondary N) is 1. The zero-order valence-corrected chi connectivity index (χ0v) is 16.0. The van der Waals surface area contributed by atoms with E-state index in [2.05, 4.69) is 15.4 Å². The van der Waals surface area contributed by atoms with Gasteiger partial charge in [0.1, 0.15) is 17.8 Å². The van der Waals surface area contributed by atoms with E-state index < -0.39 is 0 Å². The average Bonchev–Trinajstić information content (AvgIpc) is 3.18. The maximum absolute atomic E-state index is 13.1. The van der Waals surface area contributed by atoms with Crippen molar-refractivity contribution in [3.63, 3.8) is 0 Å². The summed E-state index contributed by atoms with van der Waals surface area (Å²) in [5, 5.41) is 7.65. The van der Waals surface area contributed by atoms with Crippen LogP contribution in [0.15, 0.2) is 46.0 Å². The molecule has 8 nitrogen and oxygen atoms in total. The van der Waals surface area contributed by atoms with Crippen molar-refractivity contribution >= 4 is 27.9 Å². The number of pyridine rings is 1. The van der Waals surface area contributed by atoms with Crippen LogP contribution in [0.5, 0.6) is 0 Å². The number of aryl methyl sites for hydroxylation is 1. The zero-order valence-electron chi connectivity index (χ0n) is 16.0. The second-order valence-corrected chi connectivity index (χ2v) is 7.04. The van der Waals surface area contributed by atoms with Crippen LogP contribution >= 0.6 is 0 Å². The highest BCUT2D eigenvalue weighted by Crippen LogP contribution is 2.31. The third-order valence-electron chi connectivity index (χ3n) is 4.65. The Labute approximate surface area is 160 Å². The first-order valence-electron chi connectivity index (χ1n) is 9.11. The molecule has 0 unspecified atom stereocenters. The topological polar surface area (TPSA) is 95.0 Å². The van der Waals surface area contributed by atoms with Crippen molar-refractivity contribution < 1.29 is 9.21 Å². The highest BCUT2D eigenvalue weighted by molar-refractivity contribution is 6.04. The van der Waals surface area contributed by atoms with Crippen LogP contribution in [0.1, 0.15) is 31.2 Å². The molecule has 0 aliphatic rings. The van der Waals surface area contributed by atoms with Gasteiger partial charge in [0.25, 0.3) is 5.56 Å². The molecule has 0 aliphatic heterocycles. The van der Waals surface area contributed by atoms with Gasteiger partial charge < -0.3 is 14.3 Å². The quantitative estimate of drug-likeness (QED) is 0.575. The van der Waals surface area contributed by atoms with E-state index in [1.54, 1.807) is 18.6 Å². The van der Waals surface area contributed by atoms with Crippen molar-refractivity contribution in [2.75, 3.05) is 0 Å². The van der Waals surface area contributed by atoms with Gasteiger partial charge in [-0.1, -0.05) is 0 Å². The molecule has 0 radical (unpaired) electrons. The van der Waals surface area contributed by atoms with E-state index in [0.29, 0.717) is 23.0 Å². The number of hydrogen-bond donors (Lipinski definition) is 1. The first kappa shape index (κ1) is 18.0. The van der Waals surface area contributed by atoms with Crippen molar-refractivity contribution in [2.24, 2.45) is 0 Å². The van der Waals surface area contributed by atoms with Crippen molar-refractivity contribution in [2.45, 2.75) is 39.9 Å². The molecule has 0 saturated heterocycles. The standard InChI is InChI=1S/C20H21N5O3/c1-12(2)25-16-8-13(3)28-19(16)15-10-23-24(20(27)18(15)25)11-17(26)22-9-14-4-6-21-7-5-14/h4-8,10,12H,9,11H2,1-3H3,(H,22,26). The normalized spacial score (nSPS) is 11.6. The van der Waals surface area contributed by atoms with Crippen LogP contribution in [0.4, 0.5) is 0 Å². The summed E-state index contributed by atoms with van der Waals surface area (Å²) in [6, 6.07) is 5.62. The van der Waals surface area contributed by atoms with Crippen LogP contribution in [0.2, 0.25) is 0 Å². The summed E-state index contributed by atoms with van der Waals surface area (Å²) in [6.45, 7) is 6.11. The first-order chi connectivity index (χ1) is 13.5. The van der Waals surface area contributed by atoms with E-state index in [4.69, 9.17) is 4.42 Å². The molecular formula is C20H21N5O3. The van der Waals surface area contributed by atoms with E-state index in [0.717, 1.165) is 16.8 Å². The first-order valence-corrected chi connectivity index (χ1v) is 9.11. The lowest BCUT2D eigenvalue weighted by Crippen LogP contribution is -2.34. The number of carbonyl (C=O) groups excluding carboxylic acids is 1. The van der Waals surface area contributed by atoms with Gasteiger partial charge in [0, 0.05) is 31.0 Å². The summed E-state index contributed by atoms with van der Waals surface area (Å²) >= 11 is 0. The Hall–Kier alpha value is -3.42. The Morgan fingerprint density at radius 3 is 2.75 bits per heavy atom. The lowest BCUT2D eigenvalue weighted by atomic mass is 10.3. The van der Waals surface area contributed by atoms with Gasteiger partial charge in [-0.3, -0.25) is 14.6 Å². The number of aromatic nitrogens is 4. The molecule has 4 heterocycles. The molecular weight excluding hydrogens is 358 g/mol. The highest BCUT2D eigenvalue weighted by Gasteiger charge is 2.21. The highest BCUT2D eigenvalue weighted by atomic mass is 16.3. The largest absolute Gasteiger partial charge is 0.459 e. The lowest BCUT2D eigenvalue weighted by molar-refractivity contribution is -0.122. The van der Waals surface area contributed by atoms with E-state index in [9.17, 15) is 9.59 Å². The molecule has 28 heavy (non-hydrogen) atoms. The van der Waals surface area contributed by atoms with Gasteiger partial charge in [-0.25, -0.2) is 4.68 Å². The molecule has 0 aliphatic carbocycles. The second kappa shape index (κ2) is 6.95. The van der Waals surface area contributed by atoms with Gasteiger partial charge in [0.2, 0.25) is 5.91 Å². The Morgan fingerprint density at radius 2 is 2.04 bits per heavy atom. The molecule has 0 spiro atoms. The monoisotopic (exact) mass is 379 g/mol. The molecule has 8 heteroatoms. The minimum absolute atomic E-state index is 0.0565. The van der Waals surface area contributed by atoms with E-state index in [1.807, 2.05) is 43.5 Å². The molecule has 1 amide bonds. The number of nitrogens with zero attached hydrogens (tertiary/aromatic N) is 4. The van der Waals surface area contributed by atoms with Crippen molar-refractivity contribution in [1.82, 2.24) is 24.6 Å². The molecule has 144 valence electrons. The Kier molecular flexibility index (Phi) is 4.46. The summed E-state index contributed by atoms with van der Waals surface area (Å²) in [4.78, 5) is 29.3. The fourth-order valence-corrected chi connectivity index (χ4v) is 3.41. The van der Waals surface area contributed by atoms with Gasteiger partial charge in [-0.15, -0.1) is 0 Å².